The van der Waals surface area contributed by atoms with E-state index in [2.05, 4.69) is 0 Å². The molecule has 0 aliphatic carbocycles. The number of carboxylic acids is 1. The molecule has 0 fully saturated rings. The van der Waals surface area contributed by atoms with Crippen LogP contribution in [-0.4, -0.2) is 27.7 Å². The van der Waals surface area contributed by atoms with Gasteiger partial charge in [-0.25, -0.2) is 0 Å². The summed E-state index contributed by atoms with van der Waals surface area (Å²) in [6.45, 7) is 0. The molecule has 56 valence electrons. The maximum atomic E-state index is 9.98. The Morgan fingerprint density at radius 1 is 1.90 bits per heavy atom. The number of carboxylic acid groups (broad SMARTS) is 1. The van der Waals surface area contributed by atoms with E-state index >= 15 is 0 Å². The van der Waals surface area contributed by atoms with Gasteiger partial charge in [-0.3, -0.25) is 4.79 Å². The number of nitriles is 1. The van der Waals surface area contributed by atoms with Gasteiger partial charge in [0.2, 0.25) is 0 Å². The molecule has 0 saturated heterocycles. The largest absolute Gasteiger partial charge is 0.481 e. The minimum absolute atomic E-state index is 0.000463. The molecule has 0 aromatic heterocycles. The summed E-state index contributed by atoms with van der Waals surface area (Å²) >= 11 is 0. The third-order valence-electron chi connectivity index (χ3n) is 1.05. The highest BCUT2D eigenvalue weighted by Gasteiger charge is 2.06. The van der Waals surface area contributed by atoms with Crippen molar-refractivity contribution in [3.63, 3.8) is 0 Å². The number of rotatable bonds is 4. The van der Waals surface area contributed by atoms with E-state index in [1.165, 1.54) is 0 Å². The van der Waals surface area contributed by atoms with Crippen molar-refractivity contribution in [2.24, 2.45) is 0 Å². The fraction of sp³-hybridized carbons (Fsp3) is 0.600. The summed E-state index contributed by atoms with van der Waals surface area (Å²) in [7, 11) is 0.476. The van der Waals surface area contributed by atoms with Crippen LogP contribution < -0.4 is 0 Å². The molecule has 0 heterocycles. The van der Waals surface area contributed by atoms with Crippen molar-refractivity contribution in [2.45, 2.75) is 18.9 Å². The molecule has 0 radical (unpaired) electrons. The van der Waals surface area contributed by atoms with Crippen molar-refractivity contribution in [1.29, 1.82) is 5.26 Å². The van der Waals surface area contributed by atoms with Crippen molar-refractivity contribution in [2.75, 3.05) is 0 Å². The van der Waals surface area contributed by atoms with Crippen LogP contribution in [-0.2, 0) is 9.22 Å². The first-order chi connectivity index (χ1) is 4.70. The lowest BCUT2D eigenvalue weighted by Crippen LogP contribution is -2.10. The van der Waals surface area contributed by atoms with Crippen LogP contribution in [0.4, 0.5) is 0 Å². The van der Waals surface area contributed by atoms with E-state index in [0.29, 0.717) is 10.5 Å². The Bertz CT molecular complexity index is 153. The second kappa shape index (κ2) is 4.96. The monoisotopic (exact) mass is 159 g/mol. The summed E-state index contributed by atoms with van der Waals surface area (Å²) in [5.41, 5.74) is 0. The van der Waals surface area contributed by atoms with Gasteiger partial charge in [-0.05, 0) is 6.42 Å². The van der Waals surface area contributed by atoms with Crippen molar-refractivity contribution < 1.29 is 14.3 Å². The molecule has 0 aromatic carbocycles. The average molecular weight is 159 g/mol. The number of aliphatic carboxylic acids is 1. The van der Waals surface area contributed by atoms with E-state index in [9.17, 15) is 4.79 Å². The van der Waals surface area contributed by atoms with Gasteiger partial charge in [-0.15, -0.1) is 0 Å². The summed E-state index contributed by atoms with van der Waals surface area (Å²) < 4.78 is 4.76. The van der Waals surface area contributed by atoms with Gasteiger partial charge in [0, 0.05) is 6.42 Å². The lowest BCUT2D eigenvalue weighted by molar-refractivity contribution is -0.137. The molecular weight excluding hydrogens is 150 g/mol. The molecule has 10 heavy (non-hydrogen) atoms. The van der Waals surface area contributed by atoms with Gasteiger partial charge in [-0.2, -0.15) is 5.26 Å². The Hall–Kier alpha value is -0.863. The Morgan fingerprint density at radius 2 is 2.50 bits per heavy atom. The van der Waals surface area contributed by atoms with E-state index in [4.69, 9.17) is 14.8 Å². The number of carbonyl (C=O) groups is 1. The van der Waals surface area contributed by atoms with Crippen LogP contribution in [0.3, 0.4) is 0 Å². The highest BCUT2D eigenvalue weighted by molar-refractivity contribution is 5.98. The van der Waals surface area contributed by atoms with E-state index < -0.39 is 12.1 Å². The molecule has 4 nitrogen and oxygen atoms in total. The second-order valence-corrected chi connectivity index (χ2v) is 2.26. The molecule has 5 heteroatoms. The van der Waals surface area contributed by atoms with Crippen molar-refractivity contribution in [3.8, 4) is 6.07 Å². The van der Waals surface area contributed by atoms with Gasteiger partial charge in [-0.1, -0.05) is 0 Å². The van der Waals surface area contributed by atoms with Crippen LogP contribution in [0.2, 0.25) is 0 Å². The predicted molar refractivity (Wildman–Crippen MR) is 37.3 cm³/mol. The summed E-state index contributed by atoms with van der Waals surface area (Å²) in [5, 5.41) is 16.5. The summed E-state index contributed by atoms with van der Waals surface area (Å²) in [6, 6.07) is 1.86. The topological polar surface area (TPSA) is 70.3 Å². The lowest BCUT2D eigenvalue weighted by Gasteiger charge is -2.03. The third kappa shape index (κ3) is 4.06. The van der Waals surface area contributed by atoms with Crippen LogP contribution in [0, 0.1) is 11.3 Å². The van der Waals surface area contributed by atoms with E-state index in [0.717, 1.165) is 0 Å². The van der Waals surface area contributed by atoms with Gasteiger partial charge < -0.3 is 9.53 Å². The zero-order valence-electron chi connectivity index (χ0n) is 5.70. The van der Waals surface area contributed by atoms with E-state index in [1.54, 1.807) is 0 Å². The highest BCUT2D eigenvalue weighted by atomic mass is 28.2. The molecule has 0 aliphatic heterocycles. The Morgan fingerprint density at radius 3 is 2.80 bits per heavy atom. The molecule has 0 saturated carbocycles. The maximum Gasteiger partial charge on any atom is 0.303 e. The Kier molecular flexibility index (Phi) is 4.54. The summed E-state index contributed by atoms with van der Waals surface area (Å²) in [4.78, 5) is 9.98. The van der Waals surface area contributed by atoms with Crippen molar-refractivity contribution in [1.82, 2.24) is 0 Å². The summed E-state index contributed by atoms with van der Waals surface area (Å²) in [5.74, 6) is -0.890. The zero-order valence-corrected chi connectivity index (χ0v) is 7.70. The molecule has 0 spiro atoms. The predicted octanol–water partition coefficient (Wildman–Crippen LogP) is -0.960. The molecule has 1 N–H and O–H groups in total. The molecule has 0 aromatic rings. The molecule has 1 atom stereocenters. The second-order valence-electron chi connectivity index (χ2n) is 1.79. The van der Waals surface area contributed by atoms with Gasteiger partial charge in [0.1, 0.15) is 16.6 Å². The smallest absolute Gasteiger partial charge is 0.303 e. The molecule has 0 rings (SSSR count). The number of hydrogen-bond acceptors (Lipinski definition) is 3. The van der Waals surface area contributed by atoms with Crippen LogP contribution in [0.25, 0.3) is 0 Å². The van der Waals surface area contributed by atoms with Gasteiger partial charge >= 0.3 is 5.97 Å². The first kappa shape index (κ1) is 9.14. The quantitative estimate of drug-likeness (QED) is 0.536. The van der Waals surface area contributed by atoms with E-state index in [1.807, 2.05) is 6.07 Å². The third-order valence-corrected chi connectivity index (χ3v) is 1.62. The molecule has 0 aliphatic rings. The zero-order chi connectivity index (χ0) is 7.98. The molecule has 1 unspecified atom stereocenters. The SMILES string of the molecule is N#CC(CCC(=O)O)O[SiH3]. The van der Waals surface area contributed by atoms with Gasteiger partial charge in [0.15, 0.2) is 0 Å². The Labute approximate surface area is 62.0 Å². The van der Waals surface area contributed by atoms with Gasteiger partial charge in [0.05, 0.1) is 6.07 Å². The fourth-order valence-electron chi connectivity index (χ4n) is 0.490. The first-order valence-corrected chi connectivity index (χ1v) is 3.66. The molecule has 0 bridgehead atoms. The molecule has 0 amide bonds. The van der Waals surface area contributed by atoms with Crippen LogP contribution >= 0.6 is 0 Å². The maximum absolute atomic E-state index is 9.98. The van der Waals surface area contributed by atoms with Crippen molar-refractivity contribution >= 4 is 16.5 Å². The minimum atomic E-state index is -0.890. The Balaban J connectivity index is 3.47. The van der Waals surface area contributed by atoms with Crippen LogP contribution in [0.5, 0.6) is 0 Å². The minimum Gasteiger partial charge on any atom is -0.481 e. The van der Waals surface area contributed by atoms with Crippen molar-refractivity contribution in [3.05, 3.63) is 0 Å². The summed E-state index contributed by atoms with van der Waals surface area (Å²) in [6.07, 6.45) is -0.238. The normalized spacial score (nSPS) is 12.3. The molecular formula is C5H9NO3Si. The highest BCUT2D eigenvalue weighted by Crippen LogP contribution is 1.98. The standard InChI is InChI=1S/C5H9NO3Si/c6-3-4(9-10)1-2-5(7)8/h4H,1-2H2,10H3,(H,7,8). The average Bonchev–Trinajstić information content (AvgIpc) is 1.90. The number of nitrogens with zero attached hydrogens (tertiary/aromatic N) is 1. The first-order valence-electron chi connectivity index (χ1n) is 2.85. The van der Waals surface area contributed by atoms with Crippen LogP contribution in [0.1, 0.15) is 12.8 Å². The fourth-order valence-corrected chi connectivity index (χ4v) is 0.831. The number of hydrogen-bond donors (Lipinski definition) is 1. The van der Waals surface area contributed by atoms with Gasteiger partial charge in [0.25, 0.3) is 0 Å². The lowest BCUT2D eigenvalue weighted by atomic mass is 10.2. The van der Waals surface area contributed by atoms with Crippen LogP contribution in [0.15, 0.2) is 0 Å². The van der Waals surface area contributed by atoms with E-state index in [-0.39, 0.29) is 12.8 Å².